The van der Waals surface area contributed by atoms with Crippen LogP contribution in [0.15, 0.2) is 48.5 Å². The maximum Gasteiger partial charge on any atom is 0.224 e. The van der Waals surface area contributed by atoms with E-state index in [0.29, 0.717) is 11.4 Å². The van der Waals surface area contributed by atoms with Crippen LogP contribution in [-0.2, 0) is 11.2 Å². The lowest BCUT2D eigenvalue weighted by molar-refractivity contribution is -0.116. The van der Waals surface area contributed by atoms with Gasteiger partial charge in [-0.2, -0.15) is 0 Å². The lowest BCUT2D eigenvalue weighted by atomic mass is 10.1. The van der Waals surface area contributed by atoms with Gasteiger partial charge in [0.25, 0.3) is 0 Å². The molecule has 0 aliphatic heterocycles. The van der Waals surface area contributed by atoms with Crippen molar-refractivity contribution in [3.8, 4) is 0 Å². The molecule has 1 amide bonds. The van der Waals surface area contributed by atoms with Crippen molar-refractivity contribution in [2.45, 2.75) is 12.8 Å². The third kappa shape index (κ3) is 4.50. The first kappa shape index (κ1) is 15.4. The van der Waals surface area contributed by atoms with Crippen LogP contribution < -0.4 is 10.2 Å². The second kappa shape index (κ2) is 7.14. The van der Waals surface area contributed by atoms with E-state index >= 15 is 0 Å². The van der Waals surface area contributed by atoms with Gasteiger partial charge in [-0.15, -0.1) is 0 Å². The molecule has 21 heavy (non-hydrogen) atoms. The Morgan fingerprint density at radius 3 is 2.52 bits per heavy atom. The Hall–Kier alpha value is -2.00. The quantitative estimate of drug-likeness (QED) is 0.906. The SMILES string of the molecule is CN(C)c1ccc(Cl)cc1NC(=O)CCc1ccccc1. The second-order valence-electron chi connectivity index (χ2n) is 5.09. The third-order valence-electron chi connectivity index (χ3n) is 3.20. The average Bonchev–Trinajstić information content (AvgIpc) is 2.46. The average molecular weight is 303 g/mol. The van der Waals surface area contributed by atoms with Gasteiger partial charge in [0.05, 0.1) is 11.4 Å². The van der Waals surface area contributed by atoms with Gasteiger partial charge in [0.15, 0.2) is 0 Å². The minimum atomic E-state index is -0.00998. The highest BCUT2D eigenvalue weighted by Gasteiger charge is 2.09. The smallest absolute Gasteiger partial charge is 0.224 e. The van der Waals surface area contributed by atoms with Crippen molar-refractivity contribution in [1.82, 2.24) is 0 Å². The summed E-state index contributed by atoms with van der Waals surface area (Å²) in [6.45, 7) is 0. The van der Waals surface area contributed by atoms with Crippen LogP contribution >= 0.6 is 11.6 Å². The molecule has 4 heteroatoms. The fraction of sp³-hybridized carbons (Fsp3) is 0.235. The molecule has 0 bridgehead atoms. The summed E-state index contributed by atoms with van der Waals surface area (Å²) in [5, 5.41) is 3.55. The van der Waals surface area contributed by atoms with Crippen LogP contribution in [-0.4, -0.2) is 20.0 Å². The first-order valence-corrected chi connectivity index (χ1v) is 7.24. The Morgan fingerprint density at radius 1 is 1.14 bits per heavy atom. The van der Waals surface area contributed by atoms with E-state index in [1.54, 1.807) is 6.07 Å². The monoisotopic (exact) mass is 302 g/mol. The van der Waals surface area contributed by atoms with E-state index in [4.69, 9.17) is 11.6 Å². The molecule has 2 aromatic rings. The number of halogens is 1. The Kier molecular flexibility index (Phi) is 5.23. The number of nitrogens with one attached hydrogen (secondary N) is 1. The van der Waals surface area contributed by atoms with Crippen LogP contribution in [0.5, 0.6) is 0 Å². The van der Waals surface area contributed by atoms with Gasteiger partial charge >= 0.3 is 0 Å². The number of rotatable bonds is 5. The van der Waals surface area contributed by atoms with E-state index in [1.807, 2.05) is 61.5 Å². The summed E-state index contributed by atoms with van der Waals surface area (Å²) in [5.74, 6) is -0.00998. The van der Waals surface area contributed by atoms with Crippen molar-refractivity contribution in [1.29, 1.82) is 0 Å². The fourth-order valence-corrected chi connectivity index (χ4v) is 2.29. The van der Waals surface area contributed by atoms with E-state index in [1.165, 1.54) is 0 Å². The maximum absolute atomic E-state index is 12.1. The van der Waals surface area contributed by atoms with Crippen LogP contribution in [0, 0.1) is 0 Å². The molecule has 0 atom stereocenters. The molecule has 0 unspecified atom stereocenters. The number of hydrogen-bond donors (Lipinski definition) is 1. The topological polar surface area (TPSA) is 32.3 Å². The van der Waals surface area contributed by atoms with Gasteiger partial charge in [-0.25, -0.2) is 0 Å². The van der Waals surface area contributed by atoms with Crippen molar-refractivity contribution in [3.05, 3.63) is 59.1 Å². The molecule has 2 aromatic carbocycles. The highest BCUT2D eigenvalue weighted by molar-refractivity contribution is 6.31. The highest BCUT2D eigenvalue weighted by Crippen LogP contribution is 2.27. The minimum absolute atomic E-state index is 0.00998. The van der Waals surface area contributed by atoms with Gasteiger partial charge in [-0.3, -0.25) is 4.79 Å². The molecule has 0 heterocycles. The van der Waals surface area contributed by atoms with E-state index < -0.39 is 0 Å². The van der Waals surface area contributed by atoms with Crippen molar-refractivity contribution in [2.75, 3.05) is 24.3 Å². The molecular formula is C17H19ClN2O. The molecule has 0 radical (unpaired) electrons. The van der Waals surface area contributed by atoms with Gasteiger partial charge in [-0.05, 0) is 30.2 Å². The zero-order valence-corrected chi connectivity index (χ0v) is 13.0. The number of carbonyl (C=O) groups is 1. The zero-order chi connectivity index (χ0) is 15.2. The third-order valence-corrected chi connectivity index (χ3v) is 3.43. The van der Waals surface area contributed by atoms with E-state index in [-0.39, 0.29) is 5.91 Å². The largest absolute Gasteiger partial charge is 0.376 e. The van der Waals surface area contributed by atoms with E-state index in [0.717, 1.165) is 23.4 Å². The number of benzene rings is 2. The number of amides is 1. The second-order valence-corrected chi connectivity index (χ2v) is 5.53. The molecule has 0 saturated heterocycles. The van der Waals surface area contributed by atoms with Gasteiger partial charge < -0.3 is 10.2 Å². The molecule has 0 fully saturated rings. The molecular weight excluding hydrogens is 284 g/mol. The number of carbonyl (C=O) groups excluding carboxylic acids is 1. The molecule has 2 rings (SSSR count). The predicted octanol–water partition coefficient (Wildman–Crippen LogP) is 3.98. The molecule has 0 aliphatic rings. The number of nitrogens with zero attached hydrogens (tertiary/aromatic N) is 1. The Morgan fingerprint density at radius 2 is 1.86 bits per heavy atom. The normalized spacial score (nSPS) is 10.2. The summed E-state index contributed by atoms with van der Waals surface area (Å²) in [6.07, 6.45) is 1.17. The summed E-state index contributed by atoms with van der Waals surface area (Å²) < 4.78 is 0. The molecule has 0 aliphatic carbocycles. The summed E-state index contributed by atoms with van der Waals surface area (Å²) in [6, 6.07) is 15.5. The zero-order valence-electron chi connectivity index (χ0n) is 12.3. The molecule has 3 nitrogen and oxygen atoms in total. The molecule has 0 spiro atoms. The fourth-order valence-electron chi connectivity index (χ4n) is 2.11. The molecule has 1 N–H and O–H groups in total. The minimum Gasteiger partial charge on any atom is -0.376 e. The molecule has 110 valence electrons. The summed E-state index contributed by atoms with van der Waals surface area (Å²) in [4.78, 5) is 14.0. The van der Waals surface area contributed by atoms with E-state index in [9.17, 15) is 4.79 Å². The van der Waals surface area contributed by atoms with Gasteiger partial charge in [0.1, 0.15) is 0 Å². The Labute approximate surface area is 130 Å². The van der Waals surface area contributed by atoms with Gasteiger partial charge in [-0.1, -0.05) is 41.9 Å². The Balaban J connectivity index is 2.01. The first-order valence-electron chi connectivity index (χ1n) is 6.87. The van der Waals surface area contributed by atoms with Crippen LogP contribution in [0.4, 0.5) is 11.4 Å². The van der Waals surface area contributed by atoms with Crippen molar-refractivity contribution in [2.24, 2.45) is 0 Å². The van der Waals surface area contributed by atoms with Crippen LogP contribution in [0.1, 0.15) is 12.0 Å². The maximum atomic E-state index is 12.1. The highest BCUT2D eigenvalue weighted by atomic mass is 35.5. The summed E-state index contributed by atoms with van der Waals surface area (Å²) >= 11 is 6.01. The van der Waals surface area contributed by atoms with Gasteiger partial charge in [0.2, 0.25) is 5.91 Å². The van der Waals surface area contributed by atoms with Crippen LogP contribution in [0.2, 0.25) is 5.02 Å². The molecule has 0 saturated carbocycles. The predicted molar refractivity (Wildman–Crippen MR) is 89.2 cm³/mol. The number of hydrogen-bond acceptors (Lipinski definition) is 2. The van der Waals surface area contributed by atoms with Crippen molar-refractivity contribution < 1.29 is 4.79 Å². The van der Waals surface area contributed by atoms with Crippen molar-refractivity contribution >= 4 is 28.9 Å². The van der Waals surface area contributed by atoms with E-state index in [2.05, 4.69) is 5.32 Å². The Bertz CT molecular complexity index is 611. The summed E-state index contributed by atoms with van der Waals surface area (Å²) in [5.41, 5.74) is 2.84. The number of aryl methyl sites for hydroxylation is 1. The standard InChI is InChI=1S/C17H19ClN2O/c1-20(2)16-10-9-14(18)12-15(16)19-17(21)11-8-13-6-4-3-5-7-13/h3-7,9-10,12H,8,11H2,1-2H3,(H,19,21). The van der Waals surface area contributed by atoms with Crippen LogP contribution in [0.3, 0.4) is 0 Å². The first-order chi connectivity index (χ1) is 10.1. The number of anilines is 2. The molecule has 0 aromatic heterocycles. The van der Waals surface area contributed by atoms with Crippen LogP contribution in [0.25, 0.3) is 0 Å². The summed E-state index contributed by atoms with van der Waals surface area (Å²) in [7, 11) is 3.87. The van der Waals surface area contributed by atoms with Crippen molar-refractivity contribution in [3.63, 3.8) is 0 Å². The lowest BCUT2D eigenvalue weighted by Gasteiger charge is -2.18. The van der Waals surface area contributed by atoms with Gasteiger partial charge in [0, 0.05) is 25.5 Å². The lowest BCUT2D eigenvalue weighted by Crippen LogP contribution is -2.17.